The second-order valence-corrected chi connectivity index (χ2v) is 5.76. The largest absolute Gasteiger partial charge is 0.747 e. The maximum atomic E-state index is 10.8. The molecule has 15 heavy (non-hydrogen) atoms. The van der Waals surface area contributed by atoms with Crippen molar-refractivity contribution in [3.05, 3.63) is 32.8 Å². The third-order valence-corrected chi connectivity index (χ3v) is 4.36. The lowest BCUT2D eigenvalue weighted by Crippen LogP contribution is -2.09. The lowest BCUT2D eigenvalue weighted by atomic mass is 10.2. The number of halogens is 3. The van der Waals surface area contributed by atoms with E-state index in [2.05, 4.69) is 0 Å². The fourth-order valence-corrected chi connectivity index (χ4v) is 2.29. The molecule has 1 unspecified atom stereocenters. The molecule has 0 fully saturated rings. The average molecular weight is 289 g/mol. The van der Waals surface area contributed by atoms with Crippen molar-refractivity contribution >= 4 is 44.9 Å². The Hall–Kier alpha value is -0.000000000000000132. The van der Waals surface area contributed by atoms with Crippen LogP contribution in [0, 0.1) is 0 Å². The van der Waals surface area contributed by atoms with E-state index in [1.54, 1.807) is 0 Å². The zero-order chi connectivity index (χ0) is 11.8. The first-order chi connectivity index (χ1) is 6.75. The molecule has 0 aliphatic rings. The van der Waals surface area contributed by atoms with Gasteiger partial charge >= 0.3 is 0 Å². The molecule has 0 radical (unpaired) electrons. The molecule has 0 N–H and O–H groups in total. The van der Waals surface area contributed by atoms with Gasteiger partial charge in [-0.25, -0.2) is 8.42 Å². The zero-order valence-electron chi connectivity index (χ0n) is 7.50. The van der Waals surface area contributed by atoms with Crippen LogP contribution < -0.4 is 0 Å². The lowest BCUT2D eigenvalue weighted by molar-refractivity contribution is 0.452. The highest BCUT2D eigenvalue weighted by molar-refractivity contribution is 7.85. The molecule has 3 nitrogen and oxygen atoms in total. The molecule has 0 aliphatic heterocycles. The molecule has 1 atom stereocenters. The maximum absolute atomic E-state index is 10.8. The van der Waals surface area contributed by atoms with E-state index in [0.717, 1.165) is 0 Å². The first-order valence-corrected chi connectivity index (χ1v) is 6.43. The molecule has 0 saturated heterocycles. The molecule has 7 heteroatoms. The fourth-order valence-electron chi connectivity index (χ4n) is 1.01. The van der Waals surface area contributed by atoms with Gasteiger partial charge in [-0.3, -0.25) is 0 Å². The number of benzene rings is 1. The number of hydrogen-bond donors (Lipinski definition) is 0. The molecule has 84 valence electrons. The summed E-state index contributed by atoms with van der Waals surface area (Å²) < 4.78 is 32.4. The first-order valence-electron chi connectivity index (χ1n) is 3.83. The van der Waals surface area contributed by atoms with E-state index in [1.165, 1.54) is 19.1 Å². The van der Waals surface area contributed by atoms with Gasteiger partial charge in [0.1, 0.15) is 10.1 Å². The van der Waals surface area contributed by atoms with Crippen molar-refractivity contribution in [2.24, 2.45) is 0 Å². The Balaban J connectivity index is 3.35. The van der Waals surface area contributed by atoms with Crippen LogP contribution >= 0.6 is 34.8 Å². The minimum atomic E-state index is -4.44. The summed E-state index contributed by atoms with van der Waals surface area (Å²) in [5.41, 5.74) is 0.154. The molecule has 0 heterocycles. The van der Waals surface area contributed by atoms with Crippen molar-refractivity contribution in [1.82, 2.24) is 0 Å². The number of rotatable bonds is 2. The summed E-state index contributed by atoms with van der Waals surface area (Å²) in [6.45, 7) is 1.24. The molecule has 1 aromatic carbocycles. The monoisotopic (exact) mass is 287 g/mol. The van der Waals surface area contributed by atoms with Crippen LogP contribution in [0.25, 0.3) is 0 Å². The highest BCUT2D eigenvalue weighted by Gasteiger charge is 2.18. The second kappa shape index (κ2) is 4.47. The van der Waals surface area contributed by atoms with Crippen molar-refractivity contribution in [1.29, 1.82) is 0 Å². The predicted octanol–water partition coefficient (Wildman–Crippen LogP) is 3.25. The average Bonchev–Trinajstić information content (AvgIpc) is 2.12. The molecule has 0 bridgehead atoms. The van der Waals surface area contributed by atoms with Crippen LogP contribution in [0.4, 0.5) is 0 Å². The molecule has 0 saturated carbocycles. The topological polar surface area (TPSA) is 57.2 Å². The van der Waals surface area contributed by atoms with E-state index in [1.807, 2.05) is 0 Å². The minimum absolute atomic E-state index is 0.00362. The molecule has 0 spiro atoms. The van der Waals surface area contributed by atoms with Crippen molar-refractivity contribution in [2.75, 3.05) is 0 Å². The van der Waals surface area contributed by atoms with Gasteiger partial charge in [-0.05, 0) is 18.6 Å². The molecule has 0 amide bonds. The van der Waals surface area contributed by atoms with Gasteiger partial charge in [0.05, 0.1) is 20.3 Å². The molecule has 0 aromatic heterocycles. The normalized spacial score (nSPS) is 13.9. The van der Waals surface area contributed by atoms with E-state index < -0.39 is 15.4 Å². The van der Waals surface area contributed by atoms with Gasteiger partial charge in [-0.1, -0.05) is 40.9 Å². The van der Waals surface area contributed by atoms with Crippen LogP contribution in [-0.4, -0.2) is 13.0 Å². The fraction of sp³-hybridized carbons (Fsp3) is 0.250. The Labute approximate surface area is 103 Å². The Bertz CT molecular complexity index is 484. The highest BCUT2D eigenvalue weighted by atomic mass is 35.5. The van der Waals surface area contributed by atoms with E-state index in [4.69, 9.17) is 34.8 Å². The summed E-state index contributed by atoms with van der Waals surface area (Å²) in [6.07, 6.45) is 0. The minimum Gasteiger partial charge on any atom is -0.747 e. The van der Waals surface area contributed by atoms with Gasteiger partial charge in [0.2, 0.25) is 0 Å². The predicted molar refractivity (Wildman–Crippen MR) is 59.6 cm³/mol. The van der Waals surface area contributed by atoms with E-state index >= 15 is 0 Å². The Kier molecular flexibility index (Phi) is 3.90. The standard InChI is InChI=1S/C8H7Cl3O3S/c1-4(15(12,13)14)5-2-3-6(9)8(11)7(5)10/h2-4H,1H3,(H,12,13,14)/p-1. The molecule has 1 rings (SSSR count). The van der Waals surface area contributed by atoms with E-state index in [9.17, 15) is 13.0 Å². The molecule has 0 aliphatic carbocycles. The molecule has 1 aromatic rings. The van der Waals surface area contributed by atoms with Crippen molar-refractivity contribution in [3.63, 3.8) is 0 Å². The molecular weight excluding hydrogens is 283 g/mol. The van der Waals surface area contributed by atoms with Crippen LogP contribution in [0.15, 0.2) is 12.1 Å². The maximum Gasteiger partial charge on any atom is 0.102 e. The van der Waals surface area contributed by atoms with Crippen LogP contribution in [0.2, 0.25) is 15.1 Å². The highest BCUT2D eigenvalue weighted by Crippen LogP contribution is 2.37. The van der Waals surface area contributed by atoms with E-state index in [0.29, 0.717) is 0 Å². The van der Waals surface area contributed by atoms with Gasteiger partial charge in [0.15, 0.2) is 0 Å². The van der Waals surface area contributed by atoms with Crippen LogP contribution in [0.3, 0.4) is 0 Å². The smallest absolute Gasteiger partial charge is 0.102 e. The summed E-state index contributed by atoms with van der Waals surface area (Å²) in [6, 6.07) is 2.77. The Morgan fingerprint density at radius 1 is 1.20 bits per heavy atom. The second-order valence-electron chi connectivity index (χ2n) is 2.90. The summed E-state index contributed by atoms with van der Waals surface area (Å²) in [5, 5.41) is -0.997. The molecular formula is C8H6Cl3O3S-. The summed E-state index contributed by atoms with van der Waals surface area (Å²) in [5.74, 6) is 0. The number of hydrogen-bond acceptors (Lipinski definition) is 3. The SMILES string of the molecule is CC(c1ccc(Cl)c(Cl)c1Cl)S(=O)(=O)[O-]. The zero-order valence-corrected chi connectivity index (χ0v) is 10.6. The van der Waals surface area contributed by atoms with Gasteiger partial charge < -0.3 is 4.55 Å². The Morgan fingerprint density at radius 3 is 2.20 bits per heavy atom. The van der Waals surface area contributed by atoms with Crippen molar-refractivity contribution < 1.29 is 13.0 Å². The van der Waals surface area contributed by atoms with Crippen molar-refractivity contribution in [3.8, 4) is 0 Å². The van der Waals surface area contributed by atoms with Gasteiger partial charge in [-0.15, -0.1) is 0 Å². The van der Waals surface area contributed by atoms with Gasteiger partial charge in [0, 0.05) is 0 Å². The van der Waals surface area contributed by atoms with Gasteiger partial charge in [0.25, 0.3) is 0 Å². The quantitative estimate of drug-likeness (QED) is 0.620. The summed E-state index contributed by atoms with van der Waals surface area (Å²) >= 11 is 17.2. The van der Waals surface area contributed by atoms with Crippen LogP contribution in [0.5, 0.6) is 0 Å². The van der Waals surface area contributed by atoms with Crippen LogP contribution in [0.1, 0.15) is 17.7 Å². The summed E-state index contributed by atoms with van der Waals surface area (Å²) in [4.78, 5) is 0. The third kappa shape index (κ3) is 2.77. The lowest BCUT2D eigenvalue weighted by Gasteiger charge is -2.18. The van der Waals surface area contributed by atoms with Crippen molar-refractivity contribution in [2.45, 2.75) is 12.2 Å². The summed E-state index contributed by atoms with van der Waals surface area (Å²) in [7, 11) is -4.44. The van der Waals surface area contributed by atoms with Crippen LogP contribution in [-0.2, 0) is 10.1 Å². The first kappa shape index (κ1) is 13.1. The van der Waals surface area contributed by atoms with E-state index in [-0.39, 0.29) is 20.6 Å². The third-order valence-electron chi connectivity index (χ3n) is 1.94. The Morgan fingerprint density at radius 2 is 1.73 bits per heavy atom. The van der Waals surface area contributed by atoms with Gasteiger partial charge in [-0.2, -0.15) is 0 Å².